The van der Waals surface area contributed by atoms with Gasteiger partial charge in [0.05, 0.1) is 12.8 Å². The van der Waals surface area contributed by atoms with Crippen LogP contribution in [0.4, 0.5) is 52.7 Å². The fourth-order valence-corrected chi connectivity index (χ4v) is 0.936. The van der Waals surface area contributed by atoms with Gasteiger partial charge < -0.3 is 0 Å². The quantitative estimate of drug-likeness (QED) is 0.576. The molecule has 13 heteroatoms. The molecule has 0 unspecified atom stereocenters. The fourth-order valence-electron chi connectivity index (χ4n) is 0.936. The average molecular weight is 346 g/mol. The standard InChI is InChI=1S/C8H6F12O/c9-3(10)1-5(13,14)7(17,18)21-8(19,20)6(15,16)2-4(11)12/h3-4H,1-2H2. The lowest BCUT2D eigenvalue weighted by molar-refractivity contribution is -0.471. The molecule has 0 fully saturated rings. The Bertz CT molecular complexity index is 306. The van der Waals surface area contributed by atoms with Crippen molar-refractivity contribution in [3.8, 4) is 0 Å². The van der Waals surface area contributed by atoms with Crippen molar-refractivity contribution >= 4 is 0 Å². The first-order valence-electron chi connectivity index (χ1n) is 4.82. The van der Waals surface area contributed by atoms with Gasteiger partial charge in [0, 0.05) is 0 Å². The molecule has 0 amide bonds. The highest BCUT2D eigenvalue weighted by atomic mass is 19.3. The Morgan fingerprint density at radius 1 is 0.571 bits per heavy atom. The fraction of sp³-hybridized carbons (Fsp3) is 1.00. The Balaban J connectivity index is 5.22. The maximum absolute atomic E-state index is 12.6. The van der Waals surface area contributed by atoms with E-state index in [0.29, 0.717) is 0 Å². The van der Waals surface area contributed by atoms with Crippen LogP contribution in [0.1, 0.15) is 12.8 Å². The molecule has 0 rings (SSSR count). The summed E-state index contributed by atoms with van der Waals surface area (Å²) < 4.78 is 149. The monoisotopic (exact) mass is 346 g/mol. The lowest BCUT2D eigenvalue weighted by atomic mass is 10.2. The van der Waals surface area contributed by atoms with Crippen molar-refractivity contribution in [2.75, 3.05) is 0 Å². The Kier molecular flexibility index (Phi) is 5.83. The van der Waals surface area contributed by atoms with Gasteiger partial charge in [0.15, 0.2) is 0 Å². The predicted molar refractivity (Wildman–Crippen MR) is 42.1 cm³/mol. The van der Waals surface area contributed by atoms with E-state index in [9.17, 15) is 52.7 Å². The molecule has 21 heavy (non-hydrogen) atoms. The van der Waals surface area contributed by atoms with Crippen molar-refractivity contribution in [3.63, 3.8) is 0 Å². The average Bonchev–Trinajstić information content (AvgIpc) is 2.09. The van der Waals surface area contributed by atoms with E-state index in [-0.39, 0.29) is 0 Å². The van der Waals surface area contributed by atoms with E-state index >= 15 is 0 Å². The second-order valence-electron chi connectivity index (χ2n) is 3.73. The molecule has 0 aliphatic rings. The molecule has 0 spiro atoms. The first-order chi connectivity index (χ1) is 9.04. The zero-order valence-corrected chi connectivity index (χ0v) is 9.51. The maximum Gasteiger partial charge on any atom is 0.424 e. The number of hydrogen-bond acceptors (Lipinski definition) is 1. The number of rotatable bonds is 8. The van der Waals surface area contributed by atoms with Gasteiger partial charge in [0.25, 0.3) is 0 Å². The van der Waals surface area contributed by atoms with Crippen molar-refractivity contribution < 1.29 is 57.4 Å². The van der Waals surface area contributed by atoms with E-state index in [1.165, 1.54) is 0 Å². The van der Waals surface area contributed by atoms with Gasteiger partial charge in [-0.05, 0) is 0 Å². The van der Waals surface area contributed by atoms with Gasteiger partial charge in [-0.1, -0.05) is 0 Å². The molecule has 1 nitrogen and oxygen atoms in total. The molecule has 0 heterocycles. The van der Waals surface area contributed by atoms with Crippen LogP contribution in [-0.2, 0) is 4.74 Å². The van der Waals surface area contributed by atoms with Gasteiger partial charge in [-0.15, -0.1) is 0 Å². The molecule has 0 aromatic rings. The smallest absolute Gasteiger partial charge is 0.246 e. The second-order valence-corrected chi connectivity index (χ2v) is 3.73. The van der Waals surface area contributed by atoms with Crippen molar-refractivity contribution in [2.24, 2.45) is 0 Å². The first kappa shape index (κ1) is 20.1. The van der Waals surface area contributed by atoms with E-state index < -0.39 is 49.8 Å². The van der Waals surface area contributed by atoms with Crippen molar-refractivity contribution in [1.29, 1.82) is 0 Å². The normalized spacial score (nSPS) is 15.1. The summed E-state index contributed by atoms with van der Waals surface area (Å²) in [5.41, 5.74) is 0. The van der Waals surface area contributed by atoms with Crippen LogP contribution in [-0.4, -0.2) is 36.9 Å². The molecular weight excluding hydrogens is 340 g/mol. The molecule has 0 atom stereocenters. The molecule has 0 radical (unpaired) electrons. The van der Waals surface area contributed by atoms with Crippen LogP contribution in [0, 0.1) is 0 Å². The largest absolute Gasteiger partial charge is 0.424 e. The SMILES string of the molecule is FC(F)CC(F)(F)C(F)(F)OC(F)(F)C(F)(F)CC(F)F. The summed E-state index contributed by atoms with van der Waals surface area (Å²) in [4.78, 5) is 0. The van der Waals surface area contributed by atoms with E-state index in [4.69, 9.17) is 0 Å². The van der Waals surface area contributed by atoms with Gasteiger partial charge in [0.1, 0.15) is 0 Å². The van der Waals surface area contributed by atoms with Crippen LogP contribution in [0.3, 0.4) is 0 Å². The van der Waals surface area contributed by atoms with Gasteiger partial charge in [-0.2, -0.15) is 35.1 Å². The van der Waals surface area contributed by atoms with E-state index in [0.717, 1.165) is 0 Å². The molecule has 0 saturated carbocycles. The van der Waals surface area contributed by atoms with Crippen LogP contribution in [0.2, 0.25) is 0 Å². The summed E-state index contributed by atoms with van der Waals surface area (Å²) in [5, 5.41) is 0. The van der Waals surface area contributed by atoms with Gasteiger partial charge in [-0.25, -0.2) is 22.3 Å². The van der Waals surface area contributed by atoms with Gasteiger partial charge in [0.2, 0.25) is 12.9 Å². The van der Waals surface area contributed by atoms with Crippen LogP contribution < -0.4 is 0 Å². The van der Waals surface area contributed by atoms with Crippen LogP contribution >= 0.6 is 0 Å². The summed E-state index contributed by atoms with van der Waals surface area (Å²) in [6, 6.07) is 0. The molecule has 0 aromatic heterocycles. The molecule has 0 aliphatic heterocycles. The van der Waals surface area contributed by atoms with E-state index in [1.54, 1.807) is 0 Å². The Hall–Kier alpha value is -0.880. The van der Waals surface area contributed by atoms with E-state index in [2.05, 4.69) is 0 Å². The maximum atomic E-state index is 12.6. The third-order valence-corrected chi connectivity index (χ3v) is 1.93. The molecule has 0 bridgehead atoms. The highest BCUT2D eigenvalue weighted by Gasteiger charge is 2.69. The summed E-state index contributed by atoms with van der Waals surface area (Å²) in [5.74, 6) is -11.9. The van der Waals surface area contributed by atoms with Crippen LogP contribution in [0.25, 0.3) is 0 Å². The van der Waals surface area contributed by atoms with Crippen molar-refractivity contribution in [3.05, 3.63) is 0 Å². The Labute approximate surface area is 108 Å². The number of alkyl halides is 12. The molecule has 128 valence electrons. The minimum absolute atomic E-state index is 1.92. The summed E-state index contributed by atoms with van der Waals surface area (Å²) >= 11 is 0. The van der Waals surface area contributed by atoms with E-state index in [1.807, 2.05) is 4.74 Å². The second kappa shape index (κ2) is 6.08. The van der Waals surface area contributed by atoms with Gasteiger partial charge in [-0.3, -0.25) is 0 Å². The molecule has 0 aromatic carbocycles. The highest BCUT2D eigenvalue weighted by Crippen LogP contribution is 2.48. The number of hydrogen-bond donors (Lipinski definition) is 0. The van der Waals surface area contributed by atoms with Gasteiger partial charge >= 0.3 is 24.1 Å². The van der Waals surface area contributed by atoms with Crippen molar-refractivity contribution in [2.45, 2.75) is 49.8 Å². The zero-order valence-electron chi connectivity index (χ0n) is 9.51. The lowest BCUT2D eigenvalue weighted by Gasteiger charge is -2.32. The molecule has 0 N–H and O–H groups in total. The number of halogens is 12. The lowest BCUT2D eigenvalue weighted by Crippen LogP contribution is -2.54. The summed E-state index contributed by atoms with van der Waals surface area (Å²) in [6.45, 7) is 0. The first-order valence-corrected chi connectivity index (χ1v) is 4.82. The third kappa shape index (κ3) is 5.11. The number of ether oxygens (including phenoxy) is 1. The zero-order chi connectivity index (χ0) is 17.3. The van der Waals surface area contributed by atoms with Crippen molar-refractivity contribution in [1.82, 2.24) is 0 Å². The summed E-state index contributed by atoms with van der Waals surface area (Å²) in [6.07, 6.45) is -27.0. The molecule has 0 aliphatic carbocycles. The highest BCUT2D eigenvalue weighted by molar-refractivity contribution is 4.84. The minimum atomic E-state index is -6.43. The Morgan fingerprint density at radius 3 is 1.00 bits per heavy atom. The minimum Gasteiger partial charge on any atom is -0.246 e. The topological polar surface area (TPSA) is 9.23 Å². The van der Waals surface area contributed by atoms with Crippen LogP contribution in [0.5, 0.6) is 0 Å². The predicted octanol–water partition coefficient (Wildman–Crippen LogP) is 4.77. The third-order valence-electron chi connectivity index (χ3n) is 1.93. The summed E-state index contributed by atoms with van der Waals surface area (Å²) in [7, 11) is 0. The molecular formula is C8H6F12O. The Morgan fingerprint density at radius 2 is 0.810 bits per heavy atom. The van der Waals surface area contributed by atoms with Crippen LogP contribution in [0.15, 0.2) is 0 Å². The molecule has 0 saturated heterocycles.